The minimum absolute atomic E-state index is 0.374. The molecule has 0 saturated heterocycles. The highest BCUT2D eigenvalue weighted by molar-refractivity contribution is 7.19. The van der Waals surface area contributed by atoms with Crippen molar-refractivity contribution < 1.29 is 4.42 Å². The van der Waals surface area contributed by atoms with Crippen molar-refractivity contribution in [1.29, 1.82) is 0 Å². The molecule has 1 aliphatic heterocycles. The molecule has 1 aromatic heterocycles. The van der Waals surface area contributed by atoms with E-state index in [1.54, 1.807) is 0 Å². The zero-order valence-electron chi connectivity index (χ0n) is 30.6. The summed E-state index contributed by atoms with van der Waals surface area (Å²) in [5.74, 6) is 1.43. The second kappa shape index (κ2) is 14.3. The molecule has 0 fully saturated rings. The number of benzene rings is 8. The molecule has 0 amide bonds. The van der Waals surface area contributed by atoms with Gasteiger partial charge in [0, 0.05) is 21.9 Å². The van der Waals surface area contributed by atoms with Gasteiger partial charge in [0.2, 0.25) is 0 Å². The van der Waals surface area contributed by atoms with Crippen LogP contribution in [0.5, 0.6) is 0 Å². The lowest BCUT2D eigenvalue weighted by atomic mass is 10.0. The molecule has 0 aliphatic carbocycles. The molecule has 4 nitrogen and oxygen atoms in total. The van der Waals surface area contributed by atoms with Crippen LogP contribution >= 0.6 is 0 Å². The monoisotopic (exact) mass is 735 g/mol. The molecule has 1 N–H and O–H groups in total. The normalized spacial score (nSPS) is 14.2. The molecule has 10 rings (SSSR count). The lowest BCUT2D eigenvalue weighted by Crippen LogP contribution is -2.74. The number of nitrogens with one attached hydrogen (secondary N) is 1. The van der Waals surface area contributed by atoms with E-state index in [0.717, 1.165) is 55.6 Å². The van der Waals surface area contributed by atoms with Gasteiger partial charge in [-0.1, -0.05) is 194 Å². The highest BCUT2D eigenvalue weighted by atomic mass is 28.3. The summed E-state index contributed by atoms with van der Waals surface area (Å²) in [5, 5.41) is 11.1. The summed E-state index contributed by atoms with van der Waals surface area (Å²) in [5.41, 5.74) is 6.96. The van der Waals surface area contributed by atoms with Crippen LogP contribution in [0.1, 0.15) is 22.9 Å². The predicted octanol–water partition coefficient (Wildman–Crippen LogP) is 9.13. The van der Waals surface area contributed by atoms with Crippen LogP contribution in [-0.4, -0.2) is 19.7 Å². The maximum Gasteiger partial charge on any atom is 0.179 e. The molecule has 0 saturated carbocycles. The zero-order chi connectivity index (χ0) is 37.3. The number of rotatable bonds is 8. The van der Waals surface area contributed by atoms with Gasteiger partial charge in [-0.05, 0) is 55.6 Å². The number of hydrogen-bond donors (Lipinski definition) is 1. The van der Waals surface area contributed by atoms with Crippen molar-refractivity contribution >= 4 is 62.4 Å². The minimum atomic E-state index is -2.69. The van der Waals surface area contributed by atoms with Crippen LogP contribution < -0.4 is 26.1 Å². The van der Waals surface area contributed by atoms with E-state index in [1.165, 1.54) is 20.7 Å². The highest BCUT2D eigenvalue weighted by Gasteiger charge is 2.41. The SMILES string of the molecule is c1ccc(-c2cccc(C3N=C(c4cccc5oc6ccccc6c45)N=C(c4ccc([Si](c5ccccc5)(c5ccccc5)c5ccccc5)cc4)N3)c2)cc1. The van der Waals surface area contributed by atoms with E-state index in [-0.39, 0.29) is 6.17 Å². The highest BCUT2D eigenvalue weighted by Crippen LogP contribution is 2.34. The van der Waals surface area contributed by atoms with Gasteiger partial charge in [-0.3, -0.25) is 0 Å². The van der Waals surface area contributed by atoms with Gasteiger partial charge in [-0.25, -0.2) is 9.98 Å². The van der Waals surface area contributed by atoms with Gasteiger partial charge in [0.1, 0.15) is 23.2 Å². The van der Waals surface area contributed by atoms with Crippen LogP contribution in [0.3, 0.4) is 0 Å². The van der Waals surface area contributed by atoms with Gasteiger partial charge >= 0.3 is 0 Å². The van der Waals surface area contributed by atoms with Gasteiger partial charge in [-0.2, -0.15) is 0 Å². The molecule has 1 unspecified atom stereocenters. The Labute approximate surface area is 327 Å². The molecule has 0 radical (unpaired) electrons. The second-order valence-corrected chi connectivity index (χ2v) is 18.0. The average molecular weight is 736 g/mol. The van der Waals surface area contributed by atoms with Crippen molar-refractivity contribution in [1.82, 2.24) is 5.32 Å². The first-order valence-electron chi connectivity index (χ1n) is 19.0. The summed E-state index contributed by atoms with van der Waals surface area (Å²) in [6.45, 7) is 0. The number of fused-ring (bicyclic) bond motifs is 3. The Morgan fingerprint density at radius 3 is 1.64 bits per heavy atom. The maximum absolute atomic E-state index is 6.31. The molecule has 266 valence electrons. The van der Waals surface area contributed by atoms with Crippen LogP contribution in [0.4, 0.5) is 0 Å². The molecular formula is C51H37N3OSi. The van der Waals surface area contributed by atoms with Gasteiger partial charge < -0.3 is 9.73 Å². The first-order chi connectivity index (χ1) is 27.8. The van der Waals surface area contributed by atoms with Crippen molar-refractivity contribution in [2.75, 3.05) is 0 Å². The first-order valence-corrected chi connectivity index (χ1v) is 21.0. The number of hydrogen-bond acceptors (Lipinski definition) is 4. The summed E-state index contributed by atoms with van der Waals surface area (Å²) in [4.78, 5) is 10.6. The zero-order valence-corrected chi connectivity index (χ0v) is 31.6. The predicted molar refractivity (Wildman–Crippen MR) is 235 cm³/mol. The first kappa shape index (κ1) is 33.5. The molecule has 9 aromatic rings. The summed E-state index contributed by atoms with van der Waals surface area (Å²) in [7, 11) is -2.69. The Morgan fingerprint density at radius 1 is 0.446 bits per heavy atom. The quantitative estimate of drug-likeness (QED) is 0.125. The van der Waals surface area contributed by atoms with Crippen LogP contribution in [-0.2, 0) is 0 Å². The van der Waals surface area contributed by atoms with Crippen LogP contribution in [0, 0.1) is 0 Å². The standard InChI is InChI=1S/C51H37N3OSi/c1-5-17-36(18-6-1)38-19-15-20-39(35-38)50-52-49(53-51(54-50)45-28-16-30-47-48(45)44-27-13-14-29-46(44)55-47)37-31-33-43(34-32-37)56(40-21-7-2-8-22-40,41-23-9-3-10-24-41)42-25-11-4-12-26-42/h1-35,50H,(H,52,53,54). The molecule has 5 heteroatoms. The Morgan fingerprint density at radius 2 is 0.982 bits per heavy atom. The number of amidine groups is 2. The van der Waals surface area contributed by atoms with Gasteiger partial charge in [0.25, 0.3) is 0 Å². The third-order valence-electron chi connectivity index (χ3n) is 10.9. The van der Waals surface area contributed by atoms with Crippen molar-refractivity contribution in [2.24, 2.45) is 9.98 Å². The summed E-state index contributed by atoms with van der Waals surface area (Å²) >= 11 is 0. The van der Waals surface area contributed by atoms with Crippen molar-refractivity contribution in [2.45, 2.75) is 6.17 Å². The fourth-order valence-electron chi connectivity index (χ4n) is 8.31. The number of para-hydroxylation sites is 1. The maximum atomic E-state index is 6.31. The molecule has 2 heterocycles. The van der Waals surface area contributed by atoms with Gasteiger partial charge in [0.05, 0.1) is 0 Å². The fraction of sp³-hybridized carbons (Fsp3) is 0.0196. The minimum Gasteiger partial charge on any atom is -0.456 e. The van der Waals surface area contributed by atoms with E-state index < -0.39 is 8.07 Å². The van der Waals surface area contributed by atoms with E-state index in [0.29, 0.717) is 5.84 Å². The van der Waals surface area contributed by atoms with E-state index in [9.17, 15) is 0 Å². The lowest BCUT2D eigenvalue weighted by Gasteiger charge is -2.34. The third kappa shape index (κ3) is 5.86. The Hall–Kier alpha value is -7.08. The molecule has 0 spiro atoms. The van der Waals surface area contributed by atoms with Gasteiger partial charge in [0.15, 0.2) is 13.9 Å². The number of aliphatic imine (C=N–C) groups is 2. The van der Waals surface area contributed by atoms with E-state index in [2.05, 4.69) is 187 Å². The average Bonchev–Trinajstić information content (AvgIpc) is 3.67. The largest absolute Gasteiger partial charge is 0.456 e. The summed E-state index contributed by atoms with van der Waals surface area (Å²) in [6.07, 6.45) is -0.374. The number of furan rings is 1. The Kier molecular flexibility index (Phi) is 8.54. The number of nitrogens with zero attached hydrogens (tertiary/aromatic N) is 2. The van der Waals surface area contributed by atoms with Crippen LogP contribution in [0.25, 0.3) is 33.1 Å². The van der Waals surface area contributed by atoms with E-state index in [1.807, 2.05) is 30.3 Å². The third-order valence-corrected chi connectivity index (χ3v) is 15.7. The molecule has 8 aromatic carbocycles. The van der Waals surface area contributed by atoms with Gasteiger partial charge in [-0.15, -0.1) is 0 Å². The molecule has 1 aliphatic rings. The Balaban J connectivity index is 1.13. The molecule has 1 atom stereocenters. The van der Waals surface area contributed by atoms with E-state index >= 15 is 0 Å². The lowest BCUT2D eigenvalue weighted by molar-refractivity contribution is 0.668. The van der Waals surface area contributed by atoms with Crippen molar-refractivity contribution in [3.8, 4) is 11.1 Å². The topological polar surface area (TPSA) is 49.9 Å². The van der Waals surface area contributed by atoms with Crippen LogP contribution in [0.15, 0.2) is 227 Å². The van der Waals surface area contributed by atoms with Crippen molar-refractivity contribution in [3.05, 3.63) is 229 Å². The summed E-state index contributed by atoms with van der Waals surface area (Å²) in [6, 6.07) is 75.6. The van der Waals surface area contributed by atoms with E-state index in [4.69, 9.17) is 14.4 Å². The molecular weight excluding hydrogens is 699 g/mol. The van der Waals surface area contributed by atoms with Crippen molar-refractivity contribution in [3.63, 3.8) is 0 Å². The molecule has 0 bridgehead atoms. The molecule has 56 heavy (non-hydrogen) atoms. The Bertz CT molecular complexity index is 2770. The summed E-state index contributed by atoms with van der Waals surface area (Å²) < 4.78 is 6.31. The fourth-order valence-corrected chi connectivity index (χ4v) is 13.1. The smallest absolute Gasteiger partial charge is 0.179 e. The van der Waals surface area contributed by atoms with Crippen LogP contribution in [0.2, 0.25) is 0 Å². The second-order valence-electron chi connectivity index (χ2n) is 14.2.